The maximum atomic E-state index is 13.0. The van der Waals surface area contributed by atoms with Crippen molar-refractivity contribution in [1.82, 2.24) is 0 Å². The van der Waals surface area contributed by atoms with Crippen molar-refractivity contribution in [3.63, 3.8) is 0 Å². The molecule has 0 amide bonds. The molecule has 3 aromatic carbocycles. The predicted octanol–water partition coefficient (Wildman–Crippen LogP) is 5.74. The van der Waals surface area contributed by atoms with E-state index in [0.29, 0.717) is 0 Å². The van der Waals surface area contributed by atoms with Crippen molar-refractivity contribution in [2.75, 3.05) is 12.0 Å². The molecular weight excluding hydrogens is 317 g/mol. The maximum Gasteiger partial charge on any atom is 0.123 e. The molecule has 1 atom stereocenters. The quantitative estimate of drug-likeness (QED) is 0.461. The molecule has 0 saturated carbocycles. The Morgan fingerprint density at radius 2 is 1.42 bits per heavy atom. The van der Waals surface area contributed by atoms with E-state index in [2.05, 4.69) is 31.0 Å². The summed E-state index contributed by atoms with van der Waals surface area (Å²) in [6.45, 7) is 4.28. The van der Waals surface area contributed by atoms with Crippen molar-refractivity contribution in [2.45, 2.75) is 4.90 Å². The van der Waals surface area contributed by atoms with Gasteiger partial charge in [0.25, 0.3) is 0 Å². The van der Waals surface area contributed by atoms with E-state index in [-0.39, 0.29) is 5.82 Å². The second kappa shape index (κ2) is 6.93. The number of para-hydroxylation sites is 1. The molecule has 0 aliphatic carbocycles. The molecule has 0 aliphatic heterocycles. The fraction of sp³-hybridized carbons (Fsp3) is 0.0476. The topological polar surface area (TPSA) is 26.0 Å². The molecule has 24 heavy (non-hydrogen) atoms. The summed E-state index contributed by atoms with van der Waals surface area (Å²) < 4.78 is 13.0. The third-order valence-corrected chi connectivity index (χ3v) is 6.30. The van der Waals surface area contributed by atoms with Crippen LogP contribution in [0.2, 0.25) is 0 Å². The first-order valence-electron chi connectivity index (χ1n) is 7.70. The standard InChI is InChI=1S/C21H20FNS/c1-15(24(2)21-6-4-3-5-20(21)23)16-7-9-17(10-8-16)18-11-13-19(22)14-12-18/h3-14,24H,1,23H2,2H3. The number of rotatable bonds is 4. The van der Waals surface area contributed by atoms with Crippen molar-refractivity contribution < 1.29 is 4.39 Å². The van der Waals surface area contributed by atoms with Gasteiger partial charge in [-0.2, -0.15) is 0 Å². The number of nitrogen functional groups attached to an aromatic ring is 1. The summed E-state index contributed by atoms with van der Waals surface area (Å²) >= 11 is 0. The smallest absolute Gasteiger partial charge is 0.123 e. The second-order valence-electron chi connectivity index (χ2n) is 5.65. The Bertz CT molecular complexity index is 854. The Balaban J connectivity index is 1.84. The molecule has 0 radical (unpaired) electrons. The Hall–Kier alpha value is -2.52. The van der Waals surface area contributed by atoms with Crippen LogP contribution in [0, 0.1) is 5.82 Å². The van der Waals surface area contributed by atoms with Crippen LogP contribution in [0.25, 0.3) is 16.0 Å². The van der Waals surface area contributed by atoms with Crippen LogP contribution in [0.15, 0.2) is 84.3 Å². The highest BCUT2D eigenvalue weighted by Gasteiger charge is 2.10. The monoisotopic (exact) mass is 337 g/mol. The molecule has 0 aliphatic rings. The third-order valence-electron chi connectivity index (χ3n) is 4.10. The van der Waals surface area contributed by atoms with Gasteiger partial charge in [-0.3, -0.25) is 0 Å². The lowest BCUT2D eigenvalue weighted by Gasteiger charge is -2.21. The van der Waals surface area contributed by atoms with Crippen LogP contribution in [-0.2, 0) is 0 Å². The molecule has 0 heterocycles. The minimum Gasteiger partial charge on any atom is -0.398 e. The van der Waals surface area contributed by atoms with Crippen molar-refractivity contribution in [3.8, 4) is 11.1 Å². The van der Waals surface area contributed by atoms with Gasteiger partial charge in [-0.1, -0.05) is 55.1 Å². The number of thiol groups is 1. The lowest BCUT2D eigenvalue weighted by molar-refractivity contribution is 0.628. The zero-order valence-electron chi connectivity index (χ0n) is 13.5. The molecule has 122 valence electrons. The van der Waals surface area contributed by atoms with E-state index >= 15 is 0 Å². The fourth-order valence-corrected chi connectivity index (χ4v) is 4.23. The SMILES string of the molecule is C=C(c1ccc(-c2ccc(F)cc2)cc1)[SH](C)c1ccccc1N. The van der Waals surface area contributed by atoms with Crippen LogP contribution in [0.4, 0.5) is 10.1 Å². The first-order chi connectivity index (χ1) is 11.6. The van der Waals surface area contributed by atoms with Crippen molar-refractivity contribution in [2.24, 2.45) is 0 Å². The van der Waals surface area contributed by atoms with Gasteiger partial charge in [-0.25, -0.2) is 15.3 Å². The fourth-order valence-electron chi connectivity index (χ4n) is 2.63. The molecule has 0 bridgehead atoms. The van der Waals surface area contributed by atoms with E-state index in [1.807, 2.05) is 30.3 Å². The minimum atomic E-state index is -0.571. The van der Waals surface area contributed by atoms with Gasteiger partial charge in [0.05, 0.1) is 0 Å². The van der Waals surface area contributed by atoms with Crippen LogP contribution in [0.1, 0.15) is 5.56 Å². The van der Waals surface area contributed by atoms with Gasteiger partial charge in [0.1, 0.15) is 5.82 Å². The summed E-state index contributed by atoms with van der Waals surface area (Å²) in [4.78, 5) is 2.24. The highest BCUT2D eigenvalue weighted by Crippen LogP contribution is 2.47. The molecule has 0 fully saturated rings. The van der Waals surface area contributed by atoms with Gasteiger partial charge in [0.15, 0.2) is 0 Å². The predicted molar refractivity (Wildman–Crippen MR) is 105 cm³/mol. The van der Waals surface area contributed by atoms with E-state index in [9.17, 15) is 4.39 Å². The van der Waals surface area contributed by atoms with Gasteiger partial charge in [-0.05, 0) is 52.1 Å². The average molecular weight is 337 g/mol. The lowest BCUT2D eigenvalue weighted by atomic mass is 10.0. The number of halogens is 1. The summed E-state index contributed by atoms with van der Waals surface area (Å²) in [5.74, 6) is -0.221. The number of hydrogen-bond acceptors (Lipinski definition) is 1. The first-order valence-corrected chi connectivity index (χ1v) is 9.48. The Kier molecular flexibility index (Phi) is 4.72. The molecule has 3 aromatic rings. The summed E-state index contributed by atoms with van der Waals surface area (Å²) in [7, 11) is -0.571. The number of benzene rings is 3. The molecule has 0 aromatic heterocycles. The van der Waals surface area contributed by atoms with Gasteiger partial charge in [0, 0.05) is 10.6 Å². The molecule has 1 nitrogen and oxygen atoms in total. The van der Waals surface area contributed by atoms with Gasteiger partial charge in [-0.15, -0.1) is 0 Å². The molecule has 3 rings (SSSR count). The van der Waals surface area contributed by atoms with E-state index < -0.39 is 10.9 Å². The van der Waals surface area contributed by atoms with E-state index in [1.54, 1.807) is 12.1 Å². The molecular formula is C21H20FNS. The number of hydrogen-bond donors (Lipinski definition) is 2. The molecule has 1 unspecified atom stereocenters. The maximum absolute atomic E-state index is 13.0. The molecule has 0 saturated heterocycles. The summed E-state index contributed by atoms with van der Waals surface area (Å²) in [5.41, 5.74) is 10.1. The van der Waals surface area contributed by atoms with Gasteiger partial charge < -0.3 is 5.73 Å². The number of nitrogens with two attached hydrogens (primary N) is 1. The third kappa shape index (κ3) is 3.36. The largest absolute Gasteiger partial charge is 0.398 e. The van der Waals surface area contributed by atoms with Crippen LogP contribution in [0.5, 0.6) is 0 Å². The average Bonchev–Trinajstić information content (AvgIpc) is 2.62. The Morgan fingerprint density at radius 3 is 2.00 bits per heavy atom. The zero-order chi connectivity index (χ0) is 17.1. The van der Waals surface area contributed by atoms with Crippen molar-refractivity contribution in [3.05, 3.63) is 90.8 Å². The molecule has 0 spiro atoms. The summed E-state index contributed by atoms with van der Waals surface area (Å²) in [6, 6.07) is 22.7. The summed E-state index contributed by atoms with van der Waals surface area (Å²) in [6.07, 6.45) is 2.18. The highest BCUT2D eigenvalue weighted by molar-refractivity contribution is 8.24. The number of anilines is 1. The van der Waals surface area contributed by atoms with E-state index in [0.717, 1.165) is 32.2 Å². The van der Waals surface area contributed by atoms with Crippen molar-refractivity contribution in [1.29, 1.82) is 0 Å². The normalized spacial score (nSPS) is 12.7. The lowest BCUT2D eigenvalue weighted by Crippen LogP contribution is -1.93. The minimum absolute atomic E-state index is 0.221. The Morgan fingerprint density at radius 1 is 0.875 bits per heavy atom. The van der Waals surface area contributed by atoms with Crippen LogP contribution in [0.3, 0.4) is 0 Å². The van der Waals surface area contributed by atoms with Crippen LogP contribution in [-0.4, -0.2) is 6.26 Å². The van der Waals surface area contributed by atoms with Gasteiger partial charge in [0.2, 0.25) is 0 Å². The van der Waals surface area contributed by atoms with Crippen LogP contribution < -0.4 is 5.73 Å². The molecule has 3 heteroatoms. The van der Waals surface area contributed by atoms with Crippen LogP contribution >= 0.6 is 10.9 Å². The second-order valence-corrected chi connectivity index (χ2v) is 7.79. The van der Waals surface area contributed by atoms with E-state index in [1.165, 1.54) is 12.1 Å². The zero-order valence-corrected chi connectivity index (χ0v) is 14.4. The van der Waals surface area contributed by atoms with E-state index in [4.69, 9.17) is 5.73 Å². The van der Waals surface area contributed by atoms with Crippen molar-refractivity contribution >= 4 is 21.5 Å². The highest BCUT2D eigenvalue weighted by atomic mass is 32.2. The molecule has 2 N–H and O–H groups in total. The summed E-state index contributed by atoms with van der Waals surface area (Å²) in [5, 5.41) is 0. The van der Waals surface area contributed by atoms with Gasteiger partial charge >= 0.3 is 0 Å². The first kappa shape index (κ1) is 16.3. The Labute approximate surface area is 145 Å².